The molecule has 1 unspecified atom stereocenters. The quantitative estimate of drug-likeness (QED) is 0.168. The number of hydrogen-bond donors (Lipinski definition) is 2. The second-order valence-electron chi connectivity index (χ2n) is 7.17. The summed E-state index contributed by atoms with van der Waals surface area (Å²) in [6.07, 6.45) is 9.27. The highest BCUT2D eigenvalue weighted by Crippen LogP contribution is 2.23. The van der Waals surface area contributed by atoms with Gasteiger partial charge in [-0.2, -0.15) is 0 Å². The molecular formula is C27H45N3O5S. The van der Waals surface area contributed by atoms with Crippen LogP contribution in [0.4, 0.5) is 4.79 Å². The van der Waals surface area contributed by atoms with E-state index >= 15 is 0 Å². The van der Waals surface area contributed by atoms with Gasteiger partial charge in [0.2, 0.25) is 0 Å². The Kier molecular flexibility index (Phi) is 23.8. The number of nitrogens with one attached hydrogen (secondary N) is 2. The van der Waals surface area contributed by atoms with Crippen molar-refractivity contribution in [2.24, 2.45) is 0 Å². The van der Waals surface area contributed by atoms with Crippen molar-refractivity contribution in [1.82, 2.24) is 15.5 Å². The molecular weight excluding hydrogens is 478 g/mol. The maximum atomic E-state index is 12.0. The molecule has 0 aromatic rings. The van der Waals surface area contributed by atoms with Crippen molar-refractivity contribution >= 4 is 29.5 Å². The molecule has 0 aromatic heterocycles. The molecule has 1 atom stereocenters. The van der Waals surface area contributed by atoms with Crippen molar-refractivity contribution in [3.63, 3.8) is 0 Å². The lowest BCUT2D eigenvalue weighted by Crippen LogP contribution is -2.34. The SMILES string of the molecule is C=CC/C=C/N1CC(CNC(=O)/C(=C/C)SC(=C)C)OC1=O.C=CCNCCOCC(=O)CC.CC. The van der Waals surface area contributed by atoms with Crippen LogP contribution in [-0.2, 0) is 19.1 Å². The monoisotopic (exact) mass is 523 g/mol. The summed E-state index contributed by atoms with van der Waals surface area (Å²) in [7, 11) is 0. The first-order chi connectivity index (χ1) is 17.3. The van der Waals surface area contributed by atoms with Crippen molar-refractivity contribution in [2.75, 3.05) is 39.4 Å². The third-order valence-electron chi connectivity index (χ3n) is 4.12. The van der Waals surface area contributed by atoms with Crippen molar-refractivity contribution in [1.29, 1.82) is 0 Å². The summed E-state index contributed by atoms with van der Waals surface area (Å²) in [6.45, 7) is 23.5. The number of ether oxygens (including phenoxy) is 2. The Hall–Kier alpha value is -2.62. The van der Waals surface area contributed by atoms with Crippen LogP contribution in [0, 0.1) is 0 Å². The number of thioether (sulfide) groups is 1. The third kappa shape index (κ3) is 18.7. The first-order valence-electron chi connectivity index (χ1n) is 12.2. The lowest BCUT2D eigenvalue weighted by atomic mass is 10.3. The highest BCUT2D eigenvalue weighted by atomic mass is 32.2. The first kappa shape index (κ1) is 35.5. The van der Waals surface area contributed by atoms with E-state index in [1.807, 2.05) is 33.8 Å². The minimum absolute atomic E-state index is 0.152. The summed E-state index contributed by atoms with van der Waals surface area (Å²) < 4.78 is 10.3. The number of ketones is 1. The summed E-state index contributed by atoms with van der Waals surface area (Å²) in [4.78, 5) is 37.3. The molecule has 0 aliphatic carbocycles. The minimum atomic E-state index is -0.401. The Bertz CT molecular complexity index is 750. The van der Waals surface area contributed by atoms with E-state index in [1.165, 1.54) is 16.7 Å². The lowest BCUT2D eigenvalue weighted by Gasteiger charge is -2.11. The molecule has 8 nitrogen and oxygen atoms in total. The van der Waals surface area contributed by atoms with Crippen LogP contribution in [0.3, 0.4) is 0 Å². The van der Waals surface area contributed by atoms with E-state index in [4.69, 9.17) is 9.47 Å². The van der Waals surface area contributed by atoms with Crippen molar-refractivity contribution in [3.8, 4) is 0 Å². The normalized spacial score (nSPS) is 14.7. The van der Waals surface area contributed by atoms with E-state index in [1.54, 1.807) is 31.4 Å². The van der Waals surface area contributed by atoms with Crippen LogP contribution in [0.1, 0.15) is 47.5 Å². The smallest absolute Gasteiger partial charge is 0.414 e. The molecule has 1 rings (SSSR count). The van der Waals surface area contributed by atoms with Gasteiger partial charge in [0.25, 0.3) is 5.91 Å². The Morgan fingerprint density at radius 2 is 1.97 bits per heavy atom. The number of amides is 2. The Labute approximate surface area is 221 Å². The van der Waals surface area contributed by atoms with E-state index in [0.717, 1.165) is 18.0 Å². The number of hydrogen-bond acceptors (Lipinski definition) is 7. The molecule has 0 spiro atoms. The third-order valence-corrected chi connectivity index (χ3v) is 5.11. The van der Waals surface area contributed by atoms with Crippen LogP contribution >= 0.6 is 11.8 Å². The fraction of sp³-hybridized carbons (Fsp3) is 0.519. The average molecular weight is 524 g/mol. The molecule has 0 radical (unpaired) electrons. The number of carbonyl (C=O) groups is 3. The molecule has 0 saturated carbocycles. The molecule has 1 aliphatic heterocycles. The van der Waals surface area contributed by atoms with E-state index in [9.17, 15) is 14.4 Å². The summed E-state index contributed by atoms with van der Waals surface area (Å²) in [5, 5.41) is 5.85. The number of rotatable bonds is 16. The van der Waals surface area contributed by atoms with Gasteiger partial charge in [0, 0.05) is 25.7 Å². The van der Waals surface area contributed by atoms with Crippen LogP contribution in [0.25, 0.3) is 0 Å². The molecule has 2 amide bonds. The van der Waals surface area contributed by atoms with Gasteiger partial charge in [0.1, 0.15) is 12.7 Å². The van der Waals surface area contributed by atoms with Crippen molar-refractivity contribution in [2.45, 2.75) is 53.6 Å². The second kappa shape index (κ2) is 24.1. The van der Waals surface area contributed by atoms with E-state index in [0.29, 0.717) is 30.9 Å². The van der Waals surface area contributed by atoms with Crippen LogP contribution < -0.4 is 10.6 Å². The molecule has 36 heavy (non-hydrogen) atoms. The maximum Gasteiger partial charge on any atom is 0.414 e. The van der Waals surface area contributed by atoms with Gasteiger partial charge in [0.15, 0.2) is 5.78 Å². The van der Waals surface area contributed by atoms with Gasteiger partial charge >= 0.3 is 6.09 Å². The average Bonchev–Trinajstić information content (AvgIpc) is 3.23. The fourth-order valence-electron chi connectivity index (χ4n) is 2.41. The molecule has 0 bridgehead atoms. The van der Waals surface area contributed by atoms with Crippen molar-refractivity contribution < 1.29 is 23.9 Å². The summed E-state index contributed by atoms with van der Waals surface area (Å²) in [5.41, 5.74) is 0. The Balaban J connectivity index is 0. The maximum absolute atomic E-state index is 12.0. The van der Waals surface area contributed by atoms with Gasteiger partial charge in [-0.25, -0.2) is 4.79 Å². The zero-order chi connectivity index (χ0) is 27.8. The molecule has 1 fully saturated rings. The second-order valence-corrected chi connectivity index (χ2v) is 8.51. The Morgan fingerprint density at radius 3 is 2.53 bits per heavy atom. The predicted octanol–water partition coefficient (Wildman–Crippen LogP) is 4.97. The van der Waals surface area contributed by atoms with Crippen LogP contribution in [-0.4, -0.2) is 68.2 Å². The zero-order valence-electron chi connectivity index (χ0n) is 22.6. The minimum Gasteiger partial charge on any atom is -0.442 e. The van der Waals surface area contributed by atoms with Gasteiger partial charge in [-0.05, 0) is 25.2 Å². The lowest BCUT2D eigenvalue weighted by molar-refractivity contribution is -0.123. The molecule has 204 valence electrons. The van der Waals surface area contributed by atoms with Crippen LogP contribution in [0.5, 0.6) is 0 Å². The number of nitrogens with zero attached hydrogens (tertiary/aromatic N) is 1. The van der Waals surface area contributed by atoms with Gasteiger partial charge < -0.3 is 20.1 Å². The predicted molar refractivity (Wildman–Crippen MR) is 151 cm³/mol. The van der Waals surface area contributed by atoms with Crippen molar-refractivity contribution in [3.05, 3.63) is 60.1 Å². The molecule has 1 saturated heterocycles. The summed E-state index contributed by atoms with van der Waals surface area (Å²) in [5.74, 6) is -0.0362. The molecule has 2 N–H and O–H groups in total. The molecule has 0 aromatic carbocycles. The molecule has 1 aliphatic rings. The largest absolute Gasteiger partial charge is 0.442 e. The van der Waals surface area contributed by atoms with Gasteiger partial charge in [0.05, 0.1) is 24.6 Å². The van der Waals surface area contributed by atoms with E-state index in [2.05, 4.69) is 30.4 Å². The van der Waals surface area contributed by atoms with Crippen LogP contribution in [0.2, 0.25) is 0 Å². The number of Topliss-reactive ketones (excluding diaryl/α,β-unsaturated/α-hetero) is 1. The molecule has 9 heteroatoms. The van der Waals surface area contributed by atoms with Crippen LogP contribution in [0.15, 0.2) is 60.1 Å². The number of carbonyl (C=O) groups excluding carboxylic acids is 3. The Morgan fingerprint density at radius 1 is 1.28 bits per heavy atom. The van der Waals surface area contributed by atoms with Gasteiger partial charge in [-0.1, -0.05) is 63.4 Å². The van der Waals surface area contributed by atoms with Gasteiger partial charge in [-0.3, -0.25) is 14.5 Å². The zero-order valence-corrected chi connectivity index (χ0v) is 23.5. The highest BCUT2D eigenvalue weighted by Gasteiger charge is 2.30. The number of cyclic esters (lactones) is 1. The summed E-state index contributed by atoms with van der Waals surface area (Å²) in [6, 6.07) is 0. The number of allylic oxidation sites excluding steroid dienone is 4. The standard InChI is InChI=1S/C16H22N2O3S.C9H17NO2.C2H6/c1-5-7-8-9-18-11-13(21-16(18)20)10-17-15(19)14(6-2)22-12(3)4;1-3-5-10-6-7-12-8-9(11)4-2;1-2/h5-6,8-9,13H,1,3,7,10-11H2,2,4H3,(H,17,19);3,10H,1,4-8H2,2H3;1-2H3/b9-8+,14-6-;;. The van der Waals surface area contributed by atoms with E-state index < -0.39 is 6.09 Å². The van der Waals surface area contributed by atoms with Gasteiger partial charge in [-0.15, -0.1) is 13.2 Å². The first-order valence-corrected chi connectivity index (χ1v) is 13.0. The fourth-order valence-corrected chi connectivity index (χ4v) is 3.07. The molecule has 1 heterocycles. The highest BCUT2D eigenvalue weighted by molar-refractivity contribution is 8.07. The topological polar surface area (TPSA) is 97.0 Å². The summed E-state index contributed by atoms with van der Waals surface area (Å²) >= 11 is 1.32. The van der Waals surface area contributed by atoms with E-state index in [-0.39, 0.29) is 30.9 Å².